The lowest BCUT2D eigenvalue weighted by atomic mass is 9.85. The predicted octanol–water partition coefficient (Wildman–Crippen LogP) is 2.26. The number of hydrogen-bond acceptors (Lipinski definition) is 5. The summed E-state index contributed by atoms with van der Waals surface area (Å²) in [5.74, 6) is 0.884. The van der Waals surface area contributed by atoms with Gasteiger partial charge in [0.15, 0.2) is 7.28 Å². The third-order valence-electron chi connectivity index (χ3n) is 4.44. The Morgan fingerprint density at radius 3 is 2.46 bits per heavy atom. The van der Waals surface area contributed by atoms with E-state index in [9.17, 15) is 15.3 Å². The lowest BCUT2D eigenvalue weighted by Crippen LogP contribution is -2.39. The first-order chi connectivity index (χ1) is 12.4. The molecule has 5 nitrogen and oxygen atoms in total. The van der Waals surface area contributed by atoms with Crippen molar-refractivity contribution in [2.24, 2.45) is 0 Å². The Morgan fingerprint density at radius 2 is 1.85 bits per heavy atom. The van der Waals surface area contributed by atoms with E-state index in [4.69, 9.17) is 4.74 Å². The second kappa shape index (κ2) is 9.08. The first-order valence-electron chi connectivity index (χ1n) is 8.96. The lowest BCUT2D eigenvalue weighted by molar-refractivity contribution is 0.160. The molecule has 0 aliphatic carbocycles. The molecule has 2 aromatic carbocycles. The first-order valence-corrected chi connectivity index (χ1v) is 8.96. The van der Waals surface area contributed by atoms with Crippen LogP contribution >= 0.6 is 0 Å². The van der Waals surface area contributed by atoms with E-state index in [1.807, 2.05) is 24.3 Å². The summed E-state index contributed by atoms with van der Waals surface area (Å²) in [4.78, 5) is 0. The molecule has 0 aromatic heterocycles. The maximum Gasteiger partial charge on any atom is 0.165 e. The molecule has 0 unspecified atom stereocenters. The van der Waals surface area contributed by atoms with Crippen molar-refractivity contribution in [3.8, 4) is 11.5 Å². The fourth-order valence-electron chi connectivity index (χ4n) is 2.70. The van der Waals surface area contributed by atoms with Crippen molar-refractivity contribution in [3.63, 3.8) is 0 Å². The Hall–Kier alpha value is -2.02. The number of aliphatic hydroxyl groups excluding tert-OH is 2. The lowest BCUT2D eigenvalue weighted by Gasteiger charge is -2.29. The van der Waals surface area contributed by atoms with E-state index in [0.717, 1.165) is 18.6 Å². The number of nitrogens with one attached hydrogen (secondary N) is 1. The molecule has 0 saturated heterocycles. The standard InChI is InChI=1S/C20H28BNO4/c1-20(2,16-5-7-17(8-6-16)26-13-21-3)22-11-19(25)14-4-9-18(24)15(10-14)12-23/h4-10,19,21-25H,11-13H2,1-3H3/t19-/m0/s1. The van der Waals surface area contributed by atoms with Crippen molar-refractivity contribution in [2.75, 3.05) is 13.1 Å². The maximum atomic E-state index is 10.4. The highest BCUT2D eigenvalue weighted by Crippen LogP contribution is 2.25. The maximum absolute atomic E-state index is 10.4. The van der Waals surface area contributed by atoms with E-state index in [2.05, 4.69) is 26.0 Å². The van der Waals surface area contributed by atoms with Crippen LogP contribution in [0.4, 0.5) is 0 Å². The van der Waals surface area contributed by atoms with Gasteiger partial charge in [0.25, 0.3) is 0 Å². The Bertz CT molecular complexity index is 703. The molecular weight excluding hydrogens is 329 g/mol. The number of ether oxygens (including phenoxy) is 1. The molecule has 0 fully saturated rings. The van der Waals surface area contributed by atoms with E-state index in [1.165, 1.54) is 6.07 Å². The van der Waals surface area contributed by atoms with Crippen LogP contribution in [-0.4, -0.2) is 35.7 Å². The first kappa shape index (κ1) is 20.3. The van der Waals surface area contributed by atoms with Gasteiger partial charge in [-0.2, -0.15) is 0 Å². The summed E-state index contributed by atoms with van der Waals surface area (Å²) in [5, 5.41) is 32.7. The van der Waals surface area contributed by atoms with Gasteiger partial charge >= 0.3 is 0 Å². The van der Waals surface area contributed by atoms with Crippen LogP contribution in [0.15, 0.2) is 42.5 Å². The quantitative estimate of drug-likeness (QED) is 0.518. The van der Waals surface area contributed by atoms with Crippen molar-refractivity contribution >= 4 is 7.28 Å². The zero-order valence-corrected chi connectivity index (χ0v) is 15.7. The molecule has 0 radical (unpaired) electrons. The normalized spacial score (nSPS) is 12.7. The largest absolute Gasteiger partial charge is 0.508 e. The fourth-order valence-corrected chi connectivity index (χ4v) is 2.70. The van der Waals surface area contributed by atoms with E-state index < -0.39 is 6.10 Å². The summed E-state index contributed by atoms with van der Waals surface area (Å²) in [7, 11) is 0.974. The van der Waals surface area contributed by atoms with Crippen molar-refractivity contribution in [3.05, 3.63) is 59.2 Å². The van der Waals surface area contributed by atoms with Crippen LogP contribution in [0.2, 0.25) is 6.82 Å². The summed E-state index contributed by atoms with van der Waals surface area (Å²) >= 11 is 0. The second-order valence-electron chi connectivity index (χ2n) is 6.94. The van der Waals surface area contributed by atoms with E-state index in [1.54, 1.807) is 12.1 Å². The predicted molar refractivity (Wildman–Crippen MR) is 105 cm³/mol. The molecule has 0 amide bonds. The van der Waals surface area contributed by atoms with Crippen LogP contribution in [0.3, 0.4) is 0 Å². The summed E-state index contributed by atoms with van der Waals surface area (Å²) < 4.78 is 5.61. The van der Waals surface area contributed by atoms with Gasteiger partial charge in [-0.15, -0.1) is 0 Å². The smallest absolute Gasteiger partial charge is 0.165 e. The number of rotatable bonds is 9. The molecule has 0 spiro atoms. The van der Waals surface area contributed by atoms with Crippen molar-refractivity contribution in [1.82, 2.24) is 5.32 Å². The molecule has 0 heterocycles. The fraction of sp³-hybridized carbons (Fsp3) is 0.400. The minimum atomic E-state index is -0.743. The molecule has 0 bridgehead atoms. The monoisotopic (exact) mass is 357 g/mol. The molecule has 0 aliphatic rings. The van der Waals surface area contributed by atoms with Crippen LogP contribution < -0.4 is 10.1 Å². The van der Waals surface area contributed by atoms with Crippen LogP contribution in [0.1, 0.15) is 36.6 Å². The van der Waals surface area contributed by atoms with Gasteiger partial charge in [-0.25, -0.2) is 0 Å². The van der Waals surface area contributed by atoms with Crippen molar-refractivity contribution in [2.45, 2.75) is 38.9 Å². The SMILES string of the molecule is CBCOc1ccc(C(C)(C)NC[C@H](O)c2ccc(O)c(CO)c2)cc1. The highest BCUT2D eigenvalue weighted by Gasteiger charge is 2.22. The molecule has 26 heavy (non-hydrogen) atoms. The summed E-state index contributed by atoms with van der Waals surface area (Å²) in [6.45, 7) is 6.96. The minimum absolute atomic E-state index is 0.0297. The second-order valence-corrected chi connectivity index (χ2v) is 6.94. The zero-order valence-electron chi connectivity index (χ0n) is 15.7. The van der Waals surface area contributed by atoms with Crippen molar-refractivity contribution < 1.29 is 20.1 Å². The number of phenols is 1. The topological polar surface area (TPSA) is 82.0 Å². The zero-order chi connectivity index (χ0) is 19.2. The van der Waals surface area contributed by atoms with Gasteiger partial charge in [-0.05, 0) is 49.2 Å². The van der Waals surface area contributed by atoms with E-state index in [0.29, 0.717) is 24.2 Å². The van der Waals surface area contributed by atoms with Crippen molar-refractivity contribution in [1.29, 1.82) is 0 Å². The van der Waals surface area contributed by atoms with Gasteiger partial charge < -0.3 is 25.4 Å². The van der Waals surface area contributed by atoms with Gasteiger partial charge in [0.1, 0.15) is 11.5 Å². The van der Waals surface area contributed by atoms with Crippen LogP contribution in [0.25, 0.3) is 0 Å². The van der Waals surface area contributed by atoms with Crippen LogP contribution in [0, 0.1) is 0 Å². The average Bonchev–Trinajstić information content (AvgIpc) is 2.65. The molecular formula is C20H28BNO4. The van der Waals surface area contributed by atoms with E-state index in [-0.39, 0.29) is 17.9 Å². The number of benzene rings is 2. The molecule has 6 heteroatoms. The van der Waals surface area contributed by atoms with Crippen LogP contribution in [0.5, 0.6) is 11.5 Å². The Balaban J connectivity index is 2.00. The van der Waals surface area contributed by atoms with Gasteiger partial charge in [0, 0.05) is 17.6 Å². The molecule has 4 N–H and O–H groups in total. The third kappa shape index (κ3) is 5.24. The summed E-state index contributed by atoms with van der Waals surface area (Å²) in [6.07, 6.45) is -0.743. The Morgan fingerprint density at radius 1 is 1.15 bits per heavy atom. The molecule has 140 valence electrons. The average molecular weight is 357 g/mol. The Kier molecular flexibility index (Phi) is 7.09. The van der Waals surface area contributed by atoms with Gasteiger partial charge in [-0.3, -0.25) is 0 Å². The van der Waals surface area contributed by atoms with E-state index >= 15 is 0 Å². The highest BCUT2D eigenvalue weighted by atomic mass is 16.5. The number of aromatic hydroxyl groups is 1. The number of aliphatic hydroxyl groups is 2. The number of hydrogen-bond donors (Lipinski definition) is 4. The van der Waals surface area contributed by atoms with Crippen LogP contribution in [-0.2, 0) is 12.1 Å². The molecule has 2 aromatic rings. The molecule has 0 saturated carbocycles. The summed E-state index contributed by atoms with van der Waals surface area (Å²) in [6, 6.07) is 12.7. The third-order valence-corrected chi connectivity index (χ3v) is 4.44. The minimum Gasteiger partial charge on any atom is -0.508 e. The Labute approximate surface area is 155 Å². The van der Waals surface area contributed by atoms with Gasteiger partial charge in [0.05, 0.1) is 19.2 Å². The summed E-state index contributed by atoms with van der Waals surface area (Å²) in [5.41, 5.74) is 1.82. The molecule has 2 rings (SSSR count). The van der Waals surface area contributed by atoms with Gasteiger partial charge in [-0.1, -0.05) is 25.0 Å². The molecule has 0 aliphatic heterocycles. The highest BCUT2D eigenvalue weighted by molar-refractivity contribution is 6.33. The van der Waals surface area contributed by atoms with Gasteiger partial charge in [0.2, 0.25) is 0 Å². The molecule has 1 atom stereocenters.